The number of fused-ring (bicyclic) bond motifs is 1. The van der Waals surface area contributed by atoms with Gasteiger partial charge in [0, 0.05) is 26.0 Å². The summed E-state index contributed by atoms with van der Waals surface area (Å²) < 4.78 is 27.4. The molecule has 1 amide bonds. The molecule has 0 bridgehead atoms. The number of carbonyl (C=O) groups excluding carboxylic acids is 1. The van der Waals surface area contributed by atoms with Crippen LogP contribution >= 0.6 is 11.8 Å². The van der Waals surface area contributed by atoms with Crippen LogP contribution < -0.4 is 5.32 Å². The Morgan fingerprint density at radius 3 is 2.70 bits per heavy atom. The van der Waals surface area contributed by atoms with Gasteiger partial charge in [0.15, 0.2) is 10.8 Å². The molecule has 0 radical (unpaired) electrons. The summed E-state index contributed by atoms with van der Waals surface area (Å²) in [6, 6.07) is 11.7. The number of anilines is 1. The zero-order chi connectivity index (χ0) is 19.6. The van der Waals surface area contributed by atoms with Crippen molar-refractivity contribution in [3.05, 3.63) is 48.7 Å². The fourth-order valence-corrected chi connectivity index (χ4v) is 4.09. The number of sulfonamides is 1. The minimum absolute atomic E-state index is 0.119. The Bertz CT molecular complexity index is 1080. The summed E-state index contributed by atoms with van der Waals surface area (Å²) >= 11 is 1.27. The van der Waals surface area contributed by atoms with Gasteiger partial charge in [0.25, 0.3) is 0 Å². The number of thioether (sulfide) groups is 1. The molecule has 0 spiro atoms. The molecule has 0 aliphatic heterocycles. The van der Waals surface area contributed by atoms with Gasteiger partial charge in [0.2, 0.25) is 15.9 Å². The first kappa shape index (κ1) is 19.3. The second-order valence-electron chi connectivity index (χ2n) is 5.98. The molecule has 10 heteroatoms. The van der Waals surface area contributed by atoms with E-state index in [1.807, 2.05) is 24.4 Å². The number of hydrogen-bond donors (Lipinski definition) is 1. The molecular formula is C17H19N5O3S2. The average molecular weight is 406 g/mol. The molecule has 3 aromatic rings. The topological polar surface area (TPSA) is 96.7 Å². The highest BCUT2D eigenvalue weighted by molar-refractivity contribution is 8.00. The van der Waals surface area contributed by atoms with Gasteiger partial charge in [-0.2, -0.15) is 0 Å². The molecule has 0 saturated carbocycles. The van der Waals surface area contributed by atoms with E-state index in [9.17, 15) is 13.2 Å². The quantitative estimate of drug-likeness (QED) is 0.631. The number of amides is 1. The van der Waals surface area contributed by atoms with E-state index >= 15 is 0 Å². The Morgan fingerprint density at radius 1 is 1.19 bits per heavy atom. The maximum atomic E-state index is 12.5. The van der Waals surface area contributed by atoms with Crippen LogP contribution in [0.25, 0.3) is 5.65 Å². The summed E-state index contributed by atoms with van der Waals surface area (Å²) in [6.45, 7) is 1.75. The third kappa shape index (κ3) is 4.12. The van der Waals surface area contributed by atoms with Crippen molar-refractivity contribution in [2.24, 2.45) is 0 Å². The van der Waals surface area contributed by atoms with Gasteiger partial charge >= 0.3 is 0 Å². The van der Waals surface area contributed by atoms with Crippen LogP contribution in [0, 0.1) is 0 Å². The summed E-state index contributed by atoms with van der Waals surface area (Å²) in [5.41, 5.74) is 1.12. The Kier molecular flexibility index (Phi) is 5.49. The third-order valence-electron chi connectivity index (χ3n) is 3.81. The number of nitrogens with one attached hydrogen (secondary N) is 1. The van der Waals surface area contributed by atoms with Crippen LogP contribution in [0.1, 0.15) is 6.92 Å². The first-order valence-electron chi connectivity index (χ1n) is 8.09. The molecule has 2 heterocycles. The summed E-state index contributed by atoms with van der Waals surface area (Å²) in [4.78, 5) is 12.6. The number of hydrogen-bond acceptors (Lipinski definition) is 6. The van der Waals surface area contributed by atoms with Crippen molar-refractivity contribution < 1.29 is 13.2 Å². The average Bonchev–Trinajstić information content (AvgIpc) is 3.05. The van der Waals surface area contributed by atoms with Gasteiger partial charge in [-0.3, -0.25) is 9.20 Å². The summed E-state index contributed by atoms with van der Waals surface area (Å²) in [5.74, 6) is -0.257. The van der Waals surface area contributed by atoms with Crippen LogP contribution in [0.15, 0.2) is 58.7 Å². The maximum Gasteiger partial charge on any atom is 0.242 e. The van der Waals surface area contributed by atoms with Crippen LogP contribution in [-0.4, -0.2) is 52.6 Å². The van der Waals surface area contributed by atoms with E-state index in [4.69, 9.17) is 0 Å². The highest BCUT2D eigenvalue weighted by Gasteiger charge is 2.20. The Hall–Kier alpha value is -2.43. The SMILES string of the molecule is C[C@H](Sc1nnc2ccccn12)C(=O)Nc1cccc(S(=O)(=O)N(C)C)c1. The van der Waals surface area contributed by atoms with Crippen LogP contribution in [0.4, 0.5) is 5.69 Å². The molecule has 2 aromatic heterocycles. The normalized spacial score (nSPS) is 13.0. The van der Waals surface area contributed by atoms with Crippen molar-refractivity contribution in [1.82, 2.24) is 18.9 Å². The predicted octanol–water partition coefficient (Wildman–Crippen LogP) is 2.10. The highest BCUT2D eigenvalue weighted by Crippen LogP contribution is 2.24. The van der Waals surface area contributed by atoms with E-state index in [0.29, 0.717) is 16.5 Å². The molecule has 0 aliphatic rings. The molecule has 0 fully saturated rings. The van der Waals surface area contributed by atoms with Gasteiger partial charge in [0.05, 0.1) is 10.1 Å². The Labute approximate surface area is 161 Å². The minimum atomic E-state index is -3.57. The third-order valence-corrected chi connectivity index (χ3v) is 6.68. The summed E-state index contributed by atoms with van der Waals surface area (Å²) in [6.07, 6.45) is 1.83. The van der Waals surface area contributed by atoms with Gasteiger partial charge < -0.3 is 5.32 Å². The van der Waals surface area contributed by atoms with E-state index in [0.717, 1.165) is 4.31 Å². The number of carbonyl (C=O) groups is 1. The van der Waals surface area contributed by atoms with Crippen molar-refractivity contribution in [2.45, 2.75) is 22.2 Å². The smallest absolute Gasteiger partial charge is 0.242 e. The van der Waals surface area contributed by atoms with Crippen molar-refractivity contribution in [1.29, 1.82) is 0 Å². The molecule has 3 rings (SSSR count). The fourth-order valence-electron chi connectivity index (χ4n) is 2.30. The van der Waals surface area contributed by atoms with Crippen LogP contribution in [0.3, 0.4) is 0 Å². The standard InChI is InChI=1S/C17H19N5O3S2/c1-12(26-17-20-19-15-9-4-5-10-22(15)17)16(23)18-13-7-6-8-14(11-13)27(24,25)21(2)3/h4-12H,1-3H3,(H,18,23)/t12-/m0/s1. The van der Waals surface area contributed by atoms with Gasteiger partial charge in [-0.15, -0.1) is 10.2 Å². The number of aromatic nitrogens is 3. The first-order valence-corrected chi connectivity index (χ1v) is 10.4. The van der Waals surface area contributed by atoms with Crippen molar-refractivity contribution in [2.75, 3.05) is 19.4 Å². The second-order valence-corrected chi connectivity index (χ2v) is 9.44. The largest absolute Gasteiger partial charge is 0.325 e. The van der Waals surface area contributed by atoms with Crippen molar-refractivity contribution >= 4 is 39.0 Å². The van der Waals surface area contributed by atoms with E-state index in [2.05, 4.69) is 15.5 Å². The van der Waals surface area contributed by atoms with Gasteiger partial charge in [-0.1, -0.05) is 23.9 Å². The zero-order valence-electron chi connectivity index (χ0n) is 15.0. The Balaban J connectivity index is 1.73. The second kappa shape index (κ2) is 7.67. The Morgan fingerprint density at radius 2 is 1.96 bits per heavy atom. The lowest BCUT2D eigenvalue weighted by Gasteiger charge is -2.14. The zero-order valence-corrected chi connectivity index (χ0v) is 16.7. The van der Waals surface area contributed by atoms with Gasteiger partial charge in [-0.05, 0) is 37.3 Å². The molecule has 27 heavy (non-hydrogen) atoms. The number of pyridine rings is 1. The monoisotopic (exact) mass is 405 g/mol. The summed E-state index contributed by atoms with van der Waals surface area (Å²) in [7, 11) is -0.645. The summed E-state index contributed by atoms with van der Waals surface area (Å²) in [5, 5.41) is 11.1. The van der Waals surface area contributed by atoms with Crippen molar-refractivity contribution in [3.8, 4) is 0 Å². The van der Waals surface area contributed by atoms with Gasteiger partial charge in [-0.25, -0.2) is 12.7 Å². The molecule has 142 valence electrons. The lowest BCUT2D eigenvalue weighted by atomic mass is 10.3. The molecule has 0 unspecified atom stereocenters. The highest BCUT2D eigenvalue weighted by atomic mass is 32.2. The predicted molar refractivity (Wildman–Crippen MR) is 104 cm³/mol. The molecule has 0 saturated heterocycles. The van der Waals surface area contributed by atoms with Crippen LogP contribution in [-0.2, 0) is 14.8 Å². The minimum Gasteiger partial charge on any atom is -0.325 e. The van der Waals surface area contributed by atoms with E-state index < -0.39 is 15.3 Å². The van der Waals surface area contributed by atoms with E-state index in [1.54, 1.807) is 23.5 Å². The molecule has 1 atom stereocenters. The fraction of sp³-hybridized carbons (Fsp3) is 0.235. The lowest BCUT2D eigenvalue weighted by Crippen LogP contribution is -2.24. The molecule has 8 nitrogen and oxygen atoms in total. The van der Waals surface area contributed by atoms with E-state index in [-0.39, 0.29) is 10.8 Å². The number of nitrogens with zero attached hydrogens (tertiary/aromatic N) is 4. The molecular weight excluding hydrogens is 386 g/mol. The van der Waals surface area contributed by atoms with Crippen molar-refractivity contribution in [3.63, 3.8) is 0 Å². The molecule has 0 aliphatic carbocycles. The molecule has 1 N–H and O–H groups in total. The molecule has 1 aromatic carbocycles. The number of rotatable bonds is 6. The van der Waals surface area contributed by atoms with Crippen LogP contribution in [0.5, 0.6) is 0 Å². The number of benzene rings is 1. The maximum absolute atomic E-state index is 12.5. The van der Waals surface area contributed by atoms with Gasteiger partial charge in [0.1, 0.15) is 0 Å². The first-order chi connectivity index (χ1) is 12.8. The van der Waals surface area contributed by atoms with E-state index in [1.165, 1.54) is 38.0 Å². The lowest BCUT2D eigenvalue weighted by molar-refractivity contribution is -0.115. The van der Waals surface area contributed by atoms with Crippen LogP contribution in [0.2, 0.25) is 0 Å².